The molecule has 1 aliphatic carbocycles. The summed E-state index contributed by atoms with van der Waals surface area (Å²) in [6, 6.07) is 13.4. The summed E-state index contributed by atoms with van der Waals surface area (Å²) >= 11 is 0. The molecule has 7 rings (SSSR count). The largest absolute Gasteiger partial charge is 0.374 e. The van der Waals surface area contributed by atoms with E-state index in [1.165, 1.54) is 26.2 Å². The normalized spacial score (nSPS) is 16.1. The van der Waals surface area contributed by atoms with Gasteiger partial charge in [0.2, 0.25) is 5.91 Å². The fraction of sp³-hybridized carbons (Fsp3) is 0.351. The predicted octanol–water partition coefficient (Wildman–Crippen LogP) is 4.96. The van der Waals surface area contributed by atoms with Crippen molar-refractivity contribution in [2.24, 2.45) is 5.92 Å². The Morgan fingerprint density at radius 2 is 1.83 bits per heavy atom. The van der Waals surface area contributed by atoms with Gasteiger partial charge in [-0.05, 0) is 56.5 Å². The van der Waals surface area contributed by atoms with E-state index in [-0.39, 0.29) is 39.9 Å². The van der Waals surface area contributed by atoms with E-state index in [1.807, 2.05) is 59.0 Å². The Kier molecular flexibility index (Phi) is 10.0. The van der Waals surface area contributed by atoms with Gasteiger partial charge in [0.1, 0.15) is 23.0 Å². The van der Waals surface area contributed by atoms with Crippen molar-refractivity contribution in [3.05, 3.63) is 83.6 Å². The number of amides is 2. The van der Waals surface area contributed by atoms with Crippen LogP contribution in [0, 0.1) is 12.8 Å². The number of aliphatic hydroxyl groups is 1. The number of nitrogens with one attached hydrogen (secondary N) is 2. The first-order valence-corrected chi connectivity index (χ1v) is 19.1. The lowest BCUT2D eigenvalue weighted by Gasteiger charge is -2.38. The number of hydrogen-bond acceptors (Lipinski definition) is 11. The number of fused-ring (bicyclic) bond motifs is 4. The zero-order valence-corrected chi connectivity index (χ0v) is 31.6. The molecule has 5 aromatic rings. The zero-order chi connectivity index (χ0) is 38.4. The lowest BCUT2D eigenvalue weighted by Crippen LogP contribution is -2.48. The number of carbonyl (C=O) groups is 2. The van der Waals surface area contributed by atoms with Gasteiger partial charge in [-0.15, -0.1) is 0 Å². The molecule has 2 unspecified atom stereocenters. The van der Waals surface area contributed by atoms with Gasteiger partial charge in [0, 0.05) is 55.7 Å². The van der Waals surface area contributed by atoms with Crippen molar-refractivity contribution in [3.63, 3.8) is 0 Å². The second kappa shape index (κ2) is 14.2. The van der Waals surface area contributed by atoms with Crippen molar-refractivity contribution in [2.45, 2.75) is 64.0 Å². The summed E-state index contributed by atoms with van der Waals surface area (Å²) in [6.07, 6.45) is 4.60. The van der Waals surface area contributed by atoms with Crippen molar-refractivity contribution in [1.29, 1.82) is 0 Å². The van der Waals surface area contributed by atoms with E-state index in [4.69, 9.17) is 7.85 Å². The number of sulfone groups is 1. The molecule has 2 aliphatic rings. The van der Waals surface area contributed by atoms with Crippen molar-refractivity contribution >= 4 is 58.2 Å². The van der Waals surface area contributed by atoms with Crippen molar-refractivity contribution in [3.8, 4) is 11.1 Å². The summed E-state index contributed by atoms with van der Waals surface area (Å²) in [6.45, 7) is 9.39. The molecular formula is C37H42BN9O5S. The maximum absolute atomic E-state index is 13.7. The van der Waals surface area contributed by atoms with E-state index in [0.29, 0.717) is 17.3 Å². The third-order valence-electron chi connectivity index (χ3n) is 9.54. The number of carbonyl (C=O) groups excluding carboxylic acids is 2. The summed E-state index contributed by atoms with van der Waals surface area (Å²) in [5, 5.41) is 22.4. The Balaban J connectivity index is 0.00000236. The topological polar surface area (TPSA) is 175 Å². The molecule has 1 saturated carbocycles. The van der Waals surface area contributed by atoms with E-state index in [1.54, 1.807) is 22.8 Å². The molecule has 4 aromatic heterocycles. The molecule has 1 fully saturated rings. The number of nitrogens with zero attached hydrogens (tertiary/aromatic N) is 7. The Morgan fingerprint density at radius 1 is 1.09 bits per heavy atom. The van der Waals surface area contributed by atoms with Crippen molar-refractivity contribution in [1.82, 2.24) is 29.5 Å². The highest BCUT2D eigenvalue weighted by Gasteiger charge is 2.36. The molecule has 1 aliphatic heterocycles. The SMILES string of the molecule is CC.[B]C(O)(c1cc(S(=O)(=O)CC)ccn1)N(C)C(=O)c1cc2c(cn1)-c1cccc(Nc3cc(NC(=O)C4CC4)nc4cc(C)nn34)c1N(C)C2C. The predicted molar refractivity (Wildman–Crippen MR) is 204 cm³/mol. The van der Waals surface area contributed by atoms with Gasteiger partial charge in [-0.1, -0.05) is 32.9 Å². The van der Waals surface area contributed by atoms with Crippen molar-refractivity contribution in [2.75, 3.05) is 35.4 Å². The van der Waals surface area contributed by atoms with Crippen LogP contribution in [0.25, 0.3) is 16.8 Å². The van der Waals surface area contributed by atoms with Crippen LogP contribution >= 0.6 is 0 Å². The van der Waals surface area contributed by atoms with Gasteiger partial charge in [-0.25, -0.2) is 13.4 Å². The Hall–Kier alpha value is -5.35. The van der Waals surface area contributed by atoms with Crippen LogP contribution in [-0.4, -0.2) is 82.5 Å². The molecule has 1 aromatic carbocycles. The first kappa shape index (κ1) is 37.4. The van der Waals surface area contributed by atoms with Crippen LogP contribution in [0.2, 0.25) is 0 Å². The highest BCUT2D eigenvalue weighted by molar-refractivity contribution is 7.91. The van der Waals surface area contributed by atoms with Gasteiger partial charge in [0.15, 0.2) is 23.3 Å². The quantitative estimate of drug-likeness (QED) is 0.138. The minimum Gasteiger partial charge on any atom is -0.374 e. The number of para-hydroxylation sites is 1. The van der Waals surface area contributed by atoms with Gasteiger partial charge in [0.25, 0.3) is 5.91 Å². The van der Waals surface area contributed by atoms with Gasteiger partial charge in [-0.2, -0.15) is 9.61 Å². The fourth-order valence-electron chi connectivity index (χ4n) is 6.23. The first-order chi connectivity index (χ1) is 25.2. The van der Waals surface area contributed by atoms with E-state index < -0.39 is 21.4 Å². The second-order valence-corrected chi connectivity index (χ2v) is 15.3. The number of aromatic nitrogens is 5. The average Bonchev–Trinajstić information content (AvgIpc) is 3.95. The molecule has 0 bridgehead atoms. The van der Waals surface area contributed by atoms with Crippen LogP contribution in [0.3, 0.4) is 0 Å². The summed E-state index contributed by atoms with van der Waals surface area (Å²) in [5.74, 6) is 0.183. The molecule has 53 heavy (non-hydrogen) atoms. The molecular weight excluding hydrogens is 693 g/mol. The Morgan fingerprint density at radius 3 is 2.53 bits per heavy atom. The molecule has 16 heteroatoms. The summed E-state index contributed by atoms with van der Waals surface area (Å²) in [7, 11) is 5.86. The fourth-order valence-corrected chi connectivity index (χ4v) is 7.12. The van der Waals surface area contributed by atoms with Gasteiger partial charge in [-0.3, -0.25) is 19.6 Å². The molecule has 3 N–H and O–H groups in total. The summed E-state index contributed by atoms with van der Waals surface area (Å²) in [5.41, 5.74) is 2.92. The van der Waals surface area contributed by atoms with Crippen LogP contribution in [0.5, 0.6) is 0 Å². The average molecular weight is 736 g/mol. The Labute approximate surface area is 310 Å². The molecule has 0 saturated heterocycles. The highest BCUT2D eigenvalue weighted by Crippen LogP contribution is 2.48. The summed E-state index contributed by atoms with van der Waals surface area (Å²) in [4.78, 5) is 42.4. The minimum atomic E-state index is -3.62. The van der Waals surface area contributed by atoms with Gasteiger partial charge < -0.3 is 25.5 Å². The van der Waals surface area contributed by atoms with E-state index in [2.05, 4.69) is 35.6 Å². The lowest BCUT2D eigenvalue weighted by atomic mass is 9.85. The molecule has 0 spiro atoms. The first-order valence-electron chi connectivity index (χ1n) is 17.5. The van der Waals surface area contributed by atoms with Crippen LogP contribution in [0.1, 0.15) is 74.0 Å². The minimum absolute atomic E-state index is 0.0227. The highest BCUT2D eigenvalue weighted by atomic mass is 32.2. The van der Waals surface area contributed by atoms with Crippen LogP contribution in [0.15, 0.2) is 65.8 Å². The third kappa shape index (κ3) is 6.96. The number of rotatable bonds is 9. The smallest absolute Gasteiger partial charge is 0.274 e. The number of hydrogen-bond donors (Lipinski definition) is 3. The van der Waals surface area contributed by atoms with Crippen LogP contribution in [-0.2, 0) is 20.3 Å². The zero-order valence-electron chi connectivity index (χ0n) is 30.7. The second-order valence-electron chi connectivity index (χ2n) is 13.0. The van der Waals surface area contributed by atoms with Crippen LogP contribution < -0.4 is 15.5 Å². The van der Waals surface area contributed by atoms with Crippen molar-refractivity contribution < 1.29 is 23.1 Å². The molecule has 274 valence electrons. The summed E-state index contributed by atoms with van der Waals surface area (Å²) < 4.78 is 26.6. The molecule has 5 heterocycles. The number of anilines is 4. The number of pyridine rings is 2. The monoisotopic (exact) mass is 735 g/mol. The standard InChI is InChI=1S/C35H36BN9O5S.C2H6/c1-6-51(49,50)22-12-13-37-28(15-22)35(36,48)44(5)34(47)27-16-24-20(3)43(4)32-23(25(24)18-38-27)8-7-9-26(32)39-31-17-29(41-33(46)21-10-11-21)40-30-14-19(2)42-45(30)31;1-2/h7-9,12-18,20-21,39,48H,6,10-11H2,1-5H3,(H,40,41,46);1-2H3. The van der Waals surface area contributed by atoms with Crippen LogP contribution in [0.4, 0.5) is 23.0 Å². The number of aryl methyl sites for hydroxylation is 1. The lowest BCUT2D eigenvalue weighted by molar-refractivity contribution is -0.117. The number of benzene rings is 1. The third-order valence-corrected chi connectivity index (χ3v) is 11.3. The molecule has 2 atom stereocenters. The Bertz CT molecular complexity index is 2340. The van der Waals surface area contributed by atoms with E-state index in [0.717, 1.165) is 57.6 Å². The maximum Gasteiger partial charge on any atom is 0.274 e. The van der Waals surface area contributed by atoms with Gasteiger partial charge in [0.05, 0.1) is 39.5 Å². The van der Waals surface area contributed by atoms with E-state index in [9.17, 15) is 23.1 Å². The molecule has 2 amide bonds. The van der Waals surface area contributed by atoms with Gasteiger partial charge >= 0.3 is 0 Å². The molecule has 2 radical (unpaired) electrons. The van der Waals surface area contributed by atoms with E-state index >= 15 is 0 Å². The maximum atomic E-state index is 13.7. The molecule has 14 nitrogen and oxygen atoms in total.